The summed E-state index contributed by atoms with van der Waals surface area (Å²) in [5.41, 5.74) is 2.22. The zero-order valence-corrected chi connectivity index (χ0v) is 10.7. The summed E-state index contributed by atoms with van der Waals surface area (Å²) < 4.78 is 0. The second-order valence-electron chi connectivity index (χ2n) is 5.41. The van der Waals surface area contributed by atoms with Crippen LogP contribution in [0, 0.1) is 11.8 Å². The number of amides is 1. The summed E-state index contributed by atoms with van der Waals surface area (Å²) in [4.78, 5) is 25.3. The summed E-state index contributed by atoms with van der Waals surface area (Å²) in [5.74, 6) is -1.12. The molecular weight excluding hydrogens is 242 g/mol. The van der Waals surface area contributed by atoms with Gasteiger partial charge in [0.2, 0.25) is 5.91 Å². The third-order valence-corrected chi connectivity index (χ3v) is 4.28. The fourth-order valence-corrected chi connectivity index (χ4v) is 3.22. The number of nitrogens with zero attached hydrogens (tertiary/aromatic N) is 1. The predicted octanol–water partition coefficient (Wildman–Crippen LogP) is 2.08. The number of hydrogen-bond acceptors (Lipinski definition) is 2. The summed E-state index contributed by atoms with van der Waals surface area (Å²) in [7, 11) is 0. The Morgan fingerprint density at radius 2 is 1.89 bits per heavy atom. The Labute approximate surface area is 112 Å². The molecule has 1 aliphatic heterocycles. The van der Waals surface area contributed by atoms with Crippen molar-refractivity contribution in [1.82, 2.24) is 0 Å². The van der Waals surface area contributed by atoms with Crippen molar-refractivity contribution < 1.29 is 14.7 Å². The lowest BCUT2D eigenvalue weighted by molar-refractivity contribution is -0.141. The van der Waals surface area contributed by atoms with Gasteiger partial charge < -0.3 is 10.0 Å². The highest BCUT2D eigenvalue weighted by Gasteiger charge is 2.37. The van der Waals surface area contributed by atoms with Crippen LogP contribution in [0.15, 0.2) is 24.3 Å². The van der Waals surface area contributed by atoms with E-state index in [9.17, 15) is 9.59 Å². The van der Waals surface area contributed by atoms with Crippen molar-refractivity contribution in [3.63, 3.8) is 0 Å². The molecular formula is C15H17NO3. The van der Waals surface area contributed by atoms with Gasteiger partial charge in [-0.1, -0.05) is 18.2 Å². The number of aliphatic carboxylic acids is 1. The highest BCUT2D eigenvalue weighted by atomic mass is 16.4. The number of para-hydroxylation sites is 1. The van der Waals surface area contributed by atoms with Gasteiger partial charge in [0, 0.05) is 18.2 Å². The maximum Gasteiger partial charge on any atom is 0.306 e. The first-order valence-electron chi connectivity index (χ1n) is 6.79. The molecule has 3 rings (SSSR count). The predicted molar refractivity (Wildman–Crippen MR) is 71.0 cm³/mol. The van der Waals surface area contributed by atoms with Gasteiger partial charge in [-0.3, -0.25) is 9.59 Å². The number of hydrogen-bond donors (Lipinski definition) is 1. The van der Waals surface area contributed by atoms with Gasteiger partial charge in [0.1, 0.15) is 0 Å². The van der Waals surface area contributed by atoms with Gasteiger partial charge >= 0.3 is 5.97 Å². The van der Waals surface area contributed by atoms with Crippen molar-refractivity contribution >= 4 is 17.6 Å². The summed E-state index contributed by atoms with van der Waals surface area (Å²) in [6, 6.07) is 7.96. The van der Waals surface area contributed by atoms with E-state index in [4.69, 9.17) is 5.11 Å². The molecule has 2 atom stereocenters. The van der Waals surface area contributed by atoms with Crippen molar-refractivity contribution in [3.05, 3.63) is 29.8 Å². The minimum atomic E-state index is -0.767. The molecule has 0 radical (unpaired) electrons. The monoisotopic (exact) mass is 259 g/mol. The van der Waals surface area contributed by atoms with E-state index in [-0.39, 0.29) is 17.7 Å². The fourth-order valence-electron chi connectivity index (χ4n) is 3.22. The molecule has 1 heterocycles. The Morgan fingerprint density at radius 1 is 1.16 bits per heavy atom. The van der Waals surface area contributed by atoms with Crippen LogP contribution in [0.1, 0.15) is 24.8 Å². The Balaban J connectivity index is 1.74. The average Bonchev–Trinajstić information content (AvgIpc) is 3.05. The number of carboxylic acids is 1. The van der Waals surface area contributed by atoms with Crippen LogP contribution in [-0.4, -0.2) is 23.5 Å². The SMILES string of the molecule is O=C(O)[C@@H]1CC[C@H](C(=O)N2CCc3ccccc32)C1. The molecule has 1 fully saturated rings. The molecule has 0 saturated heterocycles. The minimum absolute atomic E-state index is 0.105. The molecule has 0 bridgehead atoms. The number of anilines is 1. The quantitative estimate of drug-likeness (QED) is 0.884. The van der Waals surface area contributed by atoms with E-state index in [1.54, 1.807) is 0 Å². The van der Waals surface area contributed by atoms with Crippen LogP contribution in [0.3, 0.4) is 0 Å². The van der Waals surface area contributed by atoms with Gasteiger partial charge in [0.15, 0.2) is 0 Å². The van der Waals surface area contributed by atoms with E-state index in [0.29, 0.717) is 19.3 Å². The smallest absolute Gasteiger partial charge is 0.306 e. The zero-order valence-electron chi connectivity index (χ0n) is 10.7. The molecule has 1 aliphatic carbocycles. The third-order valence-electron chi connectivity index (χ3n) is 4.28. The average molecular weight is 259 g/mol. The maximum absolute atomic E-state index is 12.5. The lowest BCUT2D eigenvalue weighted by Crippen LogP contribution is -2.34. The highest BCUT2D eigenvalue weighted by Crippen LogP contribution is 2.36. The minimum Gasteiger partial charge on any atom is -0.481 e. The zero-order chi connectivity index (χ0) is 13.4. The van der Waals surface area contributed by atoms with Gasteiger partial charge in [-0.25, -0.2) is 0 Å². The summed E-state index contributed by atoms with van der Waals surface area (Å²) in [5, 5.41) is 9.01. The van der Waals surface area contributed by atoms with E-state index in [2.05, 4.69) is 6.07 Å². The van der Waals surface area contributed by atoms with E-state index >= 15 is 0 Å². The molecule has 1 amide bonds. The lowest BCUT2D eigenvalue weighted by atomic mass is 10.0. The molecule has 4 heteroatoms. The molecule has 1 aromatic rings. The van der Waals surface area contributed by atoms with E-state index in [1.807, 2.05) is 23.1 Å². The molecule has 0 aromatic heterocycles. The molecule has 0 unspecified atom stereocenters. The van der Waals surface area contributed by atoms with E-state index in [1.165, 1.54) is 5.56 Å². The molecule has 100 valence electrons. The number of carbonyl (C=O) groups excluding carboxylic acids is 1. The summed E-state index contributed by atoms with van der Waals surface area (Å²) in [6.07, 6.45) is 2.72. The van der Waals surface area contributed by atoms with Crippen molar-refractivity contribution in [2.75, 3.05) is 11.4 Å². The Kier molecular flexibility index (Phi) is 3.01. The fraction of sp³-hybridized carbons (Fsp3) is 0.467. The largest absolute Gasteiger partial charge is 0.481 e. The molecule has 2 aliphatic rings. The Morgan fingerprint density at radius 3 is 2.63 bits per heavy atom. The topological polar surface area (TPSA) is 57.6 Å². The number of benzene rings is 1. The molecule has 1 N–H and O–H groups in total. The van der Waals surface area contributed by atoms with Gasteiger partial charge in [0.05, 0.1) is 5.92 Å². The van der Waals surface area contributed by atoms with Crippen LogP contribution in [-0.2, 0) is 16.0 Å². The van der Waals surface area contributed by atoms with Gasteiger partial charge in [0.25, 0.3) is 0 Å². The Hall–Kier alpha value is -1.84. The first-order chi connectivity index (χ1) is 9.16. The van der Waals surface area contributed by atoms with Crippen LogP contribution in [0.2, 0.25) is 0 Å². The first-order valence-corrected chi connectivity index (χ1v) is 6.79. The van der Waals surface area contributed by atoms with Crippen molar-refractivity contribution in [2.45, 2.75) is 25.7 Å². The van der Waals surface area contributed by atoms with Gasteiger partial charge in [-0.2, -0.15) is 0 Å². The van der Waals surface area contributed by atoms with Crippen molar-refractivity contribution in [1.29, 1.82) is 0 Å². The molecule has 19 heavy (non-hydrogen) atoms. The van der Waals surface area contributed by atoms with E-state index < -0.39 is 5.97 Å². The van der Waals surface area contributed by atoms with Gasteiger partial charge in [-0.15, -0.1) is 0 Å². The number of carbonyl (C=O) groups is 2. The van der Waals surface area contributed by atoms with Crippen LogP contribution in [0.4, 0.5) is 5.69 Å². The molecule has 0 spiro atoms. The van der Waals surface area contributed by atoms with Crippen LogP contribution in [0.25, 0.3) is 0 Å². The number of rotatable bonds is 2. The van der Waals surface area contributed by atoms with E-state index in [0.717, 1.165) is 18.7 Å². The lowest BCUT2D eigenvalue weighted by Gasteiger charge is -2.21. The summed E-state index contributed by atoms with van der Waals surface area (Å²) >= 11 is 0. The van der Waals surface area contributed by atoms with Crippen LogP contribution >= 0.6 is 0 Å². The second-order valence-corrected chi connectivity index (χ2v) is 5.41. The van der Waals surface area contributed by atoms with Crippen LogP contribution < -0.4 is 4.90 Å². The standard InChI is InChI=1S/C15H17NO3/c17-14(11-5-6-12(9-11)15(18)19)16-8-7-10-3-1-2-4-13(10)16/h1-4,11-12H,5-9H2,(H,18,19)/t11-,12+/m0/s1. The van der Waals surface area contributed by atoms with Crippen LogP contribution in [0.5, 0.6) is 0 Å². The van der Waals surface area contributed by atoms with Crippen molar-refractivity contribution in [2.24, 2.45) is 11.8 Å². The normalized spacial score (nSPS) is 25.4. The second kappa shape index (κ2) is 4.68. The van der Waals surface area contributed by atoms with Crippen molar-refractivity contribution in [3.8, 4) is 0 Å². The summed E-state index contributed by atoms with van der Waals surface area (Å²) in [6.45, 7) is 0.729. The number of fused-ring (bicyclic) bond motifs is 1. The first kappa shape index (κ1) is 12.2. The molecule has 1 aromatic carbocycles. The number of carboxylic acid groups (broad SMARTS) is 1. The Bertz CT molecular complexity index is 526. The van der Waals surface area contributed by atoms with Gasteiger partial charge in [-0.05, 0) is 37.3 Å². The molecule has 1 saturated carbocycles. The maximum atomic E-state index is 12.5. The highest BCUT2D eigenvalue weighted by molar-refractivity contribution is 5.97. The third kappa shape index (κ3) is 2.11. The molecule has 4 nitrogen and oxygen atoms in total.